The SMILES string of the molecule is Cc1nnc(N2CCC[C@@H](CNS(C)(=O)=O)C2)c(C#N)c1C. The van der Waals surface area contributed by atoms with E-state index in [2.05, 4.69) is 21.0 Å². The average molecular weight is 323 g/mol. The molecule has 1 fully saturated rings. The quantitative estimate of drug-likeness (QED) is 0.877. The number of piperidine rings is 1. The van der Waals surface area contributed by atoms with Crippen molar-refractivity contribution in [3.63, 3.8) is 0 Å². The topological polar surface area (TPSA) is 99.0 Å². The number of nitrogens with one attached hydrogen (secondary N) is 1. The number of anilines is 1. The maximum Gasteiger partial charge on any atom is 0.208 e. The van der Waals surface area contributed by atoms with Gasteiger partial charge < -0.3 is 4.90 Å². The maximum atomic E-state index is 11.2. The van der Waals surface area contributed by atoms with E-state index in [0.29, 0.717) is 24.5 Å². The highest BCUT2D eigenvalue weighted by Gasteiger charge is 2.25. The molecule has 0 bridgehead atoms. The molecule has 1 aromatic rings. The van der Waals surface area contributed by atoms with Gasteiger partial charge in [-0.2, -0.15) is 10.4 Å². The number of sulfonamides is 1. The van der Waals surface area contributed by atoms with E-state index in [1.165, 1.54) is 0 Å². The van der Waals surface area contributed by atoms with E-state index >= 15 is 0 Å². The van der Waals surface area contributed by atoms with Crippen LogP contribution >= 0.6 is 0 Å². The molecule has 1 atom stereocenters. The summed E-state index contributed by atoms with van der Waals surface area (Å²) in [5.74, 6) is 0.813. The van der Waals surface area contributed by atoms with Gasteiger partial charge in [0.1, 0.15) is 11.6 Å². The summed E-state index contributed by atoms with van der Waals surface area (Å²) in [6.07, 6.45) is 3.06. The molecule has 2 heterocycles. The second-order valence-corrected chi connectivity index (χ2v) is 7.63. The molecule has 0 amide bonds. The number of aromatic nitrogens is 2. The summed E-state index contributed by atoms with van der Waals surface area (Å²) in [5.41, 5.74) is 2.17. The van der Waals surface area contributed by atoms with Gasteiger partial charge in [-0.15, -0.1) is 5.10 Å². The molecule has 0 unspecified atom stereocenters. The molecule has 7 nitrogen and oxygen atoms in total. The Kier molecular flexibility index (Phi) is 4.98. The fraction of sp³-hybridized carbons (Fsp3) is 0.643. The Labute approximate surface area is 131 Å². The minimum Gasteiger partial charge on any atom is -0.354 e. The second-order valence-electron chi connectivity index (χ2n) is 5.80. The molecule has 2 rings (SSSR count). The van der Waals surface area contributed by atoms with Crippen LogP contribution in [0.3, 0.4) is 0 Å². The Morgan fingerprint density at radius 3 is 2.77 bits per heavy atom. The van der Waals surface area contributed by atoms with Crippen molar-refractivity contribution in [1.82, 2.24) is 14.9 Å². The van der Waals surface area contributed by atoms with E-state index in [1.54, 1.807) is 0 Å². The number of hydrogen-bond acceptors (Lipinski definition) is 6. The highest BCUT2D eigenvalue weighted by Crippen LogP contribution is 2.26. The summed E-state index contributed by atoms with van der Waals surface area (Å²) in [6, 6.07) is 2.22. The van der Waals surface area contributed by atoms with Crippen molar-refractivity contribution in [3.8, 4) is 6.07 Å². The van der Waals surface area contributed by atoms with Crippen molar-refractivity contribution in [2.45, 2.75) is 26.7 Å². The Hall–Kier alpha value is -1.72. The summed E-state index contributed by atoms with van der Waals surface area (Å²) >= 11 is 0. The van der Waals surface area contributed by atoms with Gasteiger partial charge in [-0.1, -0.05) is 0 Å². The Morgan fingerprint density at radius 1 is 1.41 bits per heavy atom. The first-order valence-electron chi connectivity index (χ1n) is 7.25. The van der Waals surface area contributed by atoms with Gasteiger partial charge in [-0.3, -0.25) is 0 Å². The van der Waals surface area contributed by atoms with E-state index in [9.17, 15) is 13.7 Å². The van der Waals surface area contributed by atoms with Crippen molar-refractivity contribution in [2.75, 3.05) is 30.8 Å². The number of nitrogens with zero attached hydrogens (tertiary/aromatic N) is 4. The zero-order valence-corrected chi connectivity index (χ0v) is 13.9. The third-order valence-electron chi connectivity index (χ3n) is 4.00. The van der Waals surface area contributed by atoms with E-state index in [1.807, 2.05) is 18.7 Å². The molecule has 0 saturated carbocycles. The molecule has 1 saturated heterocycles. The minimum absolute atomic E-state index is 0.207. The van der Waals surface area contributed by atoms with Crippen molar-refractivity contribution in [3.05, 3.63) is 16.8 Å². The lowest BCUT2D eigenvalue weighted by Gasteiger charge is -2.34. The van der Waals surface area contributed by atoms with Gasteiger partial charge in [0.05, 0.1) is 11.9 Å². The van der Waals surface area contributed by atoms with Crippen LogP contribution in [0.15, 0.2) is 0 Å². The highest BCUT2D eigenvalue weighted by atomic mass is 32.2. The molecule has 0 aromatic carbocycles. The molecule has 0 aliphatic carbocycles. The van der Waals surface area contributed by atoms with Gasteiger partial charge in [-0.25, -0.2) is 13.1 Å². The third kappa shape index (κ3) is 3.93. The van der Waals surface area contributed by atoms with Crippen LogP contribution in [-0.4, -0.2) is 44.5 Å². The van der Waals surface area contributed by atoms with Crippen LogP contribution < -0.4 is 9.62 Å². The standard InChI is InChI=1S/C14H21N5O2S/c1-10-11(2)17-18-14(13(10)7-15)19-6-4-5-12(9-19)8-16-22(3,20)21/h12,16H,4-6,8-9H2,1-3H3/t12-/m0/s1. The van der Waals surface area contributed by atoms with Crippen LogP contribution in [0, 0.1) is 31.1 Å². The molecular formula is C14H21N5O2S. The summed E-state index contributed by atoms with van der Waals surface area (Å²) in [6.45, 7) is 5.60. The predicted octanol–water partition coefficient (Wildman–Crippen LogP) is 0.731. The van der Waals surface area contributed by atoms with Crippen LogP contribution in [-0.2, 0) is 10.0 Å². The monoisotopic (exact) mass is 323 g/mol. The van der Waals surface area contributed by atoms with Crippen molar-refractivity contribution in [2.24, 2.45) is 5.92 Å². The average Bonchev–Trinajstić information content (AvgIpc) is 2.47. The molecule has 1 N–H and O–H groups in total. The molecule has 0 spiro atoms. The van der Waals surface area contributed by atoms with Crippen LogP contribution in [0.1, 0.15) is 29.7 Å². The van der Waals surface area contributed by atoms with Gasteiger partial charge in [0, 0.05) is 19.6 Å². The normalized spacial score (nSPS) is 19.0. The number of aryl methyl sites for hydroxylation is 1. The molecule has 0 radical (unpaired) electrons. The first-order valence-corrected chi connectivity index (χ1v) is 9.14. The Bertz CT molecular complexity index is 696. The molecular weight excluding hydrogens is 302 g/mol. The van der Waals surface area contributed by atoms with Crippen molar-refractivity contribution >= 4 is 15.8 Å². The lowest BCUT2D eigenvalue weighted by Crippen LogP contribution is -2.41. The molecule has 120 valence electrons. The molecule has 8 heteroatoms. The van der Waals surface area contributed by atoms with Crippen LogP contribution in [0.25, 0.3) is 0 Å². The predicted molar refractivity (Wildman–Crippen MR) is 84.0 cm³/mol. The van der Waals surface area contributed by atoms with Gasteiger partial charge in [-0.05, 0) is 38.2 Å². The lowest BCUT2D eigenvalue weighted by atomic mass is 9.97. The zero-order valence-electron chi connectivity index (χ0n) is 13.1. The number of nitriles is 1. The zero-order chi connectivity index (χ0) is 16.3. The smallest absolute Gasteiger partial charge is 0.208 e. The molecule has 1 aliphatic rings. The Morgan fingerprint density at radius 2 is 2.14 bits per heavy atom. The first-order chi connectivity index (χ1) is 10.3. The summed E-state index contributed by atoms with van der Waals surface area (Å²) < 4.78 is 25.0. The fourth-order valence-corrected chi connectivity index (χ4v) is 3.18. The summed E-state index contributed by atoms with van der Waals surface area (Å²) in [4.78, 5) is 2.04. The number of hydrogen-bond donors (Lipinski definition) is 1. The summed E-state index contributed by atoms with van der Waals surface area (Å²) in [5, 5.41) is 17.7. The Balaban J connectivity index is 2.16. The van der Waals surface area contributed by atoms with E-state index in [-0.39, 0.29) is 5.92 Å². The lowest BCUT2D eigenvalue weighted by molar-refractivity contribution is 0.409. The summed E-state index contributed by atoms with van der Waals surface area (Å²) in [7, 11) is -3.18. The first kappa shape index (κ1) is 16.6. The molecule has 22 heavy (non-hydrogen) atoms. The van der Waals surface area contributed by atoms with Crippen LogP contribution in [0.4, 0.5) is 5.82 Å². The molecule has 1 aliphatic heterocycles. The van der Waals surface area contributed by atoms with Crippen molar-refractivity contribution < 1.29 is 8.42 Å². The van der Waals surface area contributed by atoms with Crippen LogP contribution in [0.5, 0.6) is 0 Å². The van der Waals surface area contributed by atoms with Gasteiger partial charge in [0.15, 0.2) is 5.82 Å². The largest absolute Gasteiger partial charge is 0.354 e. The third-order valence-corrected chi connectivity index (χ3v) is 4.69. The van der Waals surface area contributed by atoms with Gasteiger partial charge >= 0.3 is 0 Å². The fourth-order valence-electron chi connectivity index (χ4n) is 2.64. The number of rotatable bonds is 4. The van der Waals surface area contributed by atoms with Gasteiger partial charge in [0.25, 0.3) is 0 Å². The van der Waals surface area contributed by atoms with Crippen molar-refractivity contribution in [1.29, 1.82) is 5.26 Å². The van der Waals surface area contributed by atoms with E-state index in [4.69, 9.17) is 0 Å². The van der Waals surface area contributed by atoms with E-state index in [0.717, 1.165) is 36.9 Å². The van der Waals surface area contributed by atoms with Gasteiger partial charge in [0.2, 0.25) is 10.0 Å². The van der Waals surface area contributed by atoms with Crippen LogP contribution in [0.2, 0.25) is 0 Å². The van der Waals surface area contributed by atoms with E-state index < -0.39 is 10.0 Å². The molecule has 1 aromatic heterocycles. The second kappa shape index (κ2) is 6.58. The minimum atomic E-state index is -3.18. The maximum absolute atomic E-state index is 11.2. The highest BCUT2D eigenvalue weighted by molar-refractivity contribution is 7.88.